The van der Waals surface area contributed by atoms with E-state index in [2.05, 4.69) is 0 Å². The molecule has 2 unspecified atom stereocenters. The zero-order valence-corrected chi connectivity index (χ0v) is 66.0. The lowest BCUT2D eigenvalue weighted by atomic mass is 9.89. The molecule has 0 rings (SSSR count). The van der Waals surface area contributed by atoms with Crippen molar-refractivity contribution >= 4 is 77.6 Å². The first-order chi connectivity index (χ1) is 51.8. The largest absolute Gasteiger partial charge is 0.465 e. The van der Waals surface area contributed by atoms with Gasteiger partial charge in [-0.1, -0.05) is 6.92 Å². The van der Waals surface area contributed by atoms with Gasteiger partial charge in [-0.15, -0.1) is 0 Å². The Labute approximate surface area is 646 Å². The van der Waals surface area contributed by atoms with Crippen LogP contribution in [0.5, 0.6) is 0 Å². The fourth-order valence-corrected chi connectivity index (χ4v) is 7.21. The third kappa shape index (κ3) is 29.4. The van der Waals surface area contributed by atoms with Gasteiger partial charge in [0.2, 0.25) is 0 Å². The molecule has 0 saturated heterocycles. The van der Waals surface area contributed by atoms with Crippen LogP contribution in [-0.4, -0.2) is 351 Å². The van der Waals surface area contributed by atoms with Crippen LogP contribution in [0.25, 0.3) is 0 Å². The van der Waals surface area contributed by atoms with Crippen LogP contribution >= 0.6 is 0 Å². The summed E-state index contributed by atoms with van der Waals surface area (Å²) in [5, 5.41) is 153. The van der Waals surface area contributed by atoms with Crippen molar-refractivity contribution in [3.8, 4) is 0 Å². The van der Waals surface area contributed by atoms with Gasteiger partial charge in [0.1, 0.15) is 150 Å². The number of esters is 13. The van der Waals surface area contributed by atoms with Gasteiger partial charge in [-0.3, -0.25) is 62.3 Å². The third-order valence-corrected chi connectivity index (χ3v) is 18.2. The lowest BCUT2D eigenvalue weighted by molar-refractivity contribution is -0.187. The highest BCUT2D eigenvalue weighted by Crippen LogP contribution is 2.33. The molecule has 0 amide bonds. The van der Waals surface area contributed by atoms with Gasteiger partial charge in [0.15, 0.2) is 0 Å². The number of carbonyl (C=O) groups is 13. The molecule has 0 aromatic heterocycles. The standard InChI is InChI=1S/C38H64O22.C32H54O20/c1-9-10-54-29(51)36(6,19-59-30(52)37(7,21-55-25(47)32(2,11-39)12-40)22-56-26(48)33(3,13-41)14-42)20-60-31(53)38(8,23-57-27(49)34(4,15-43)16-44)24-58-28(50)35(5,17-45)18-46;1-27(9-33,10-34)21(41)49-18-31(5,16-40)25(45)50-17-30(4,15-39)24(44)47-7-8-48-26(46)32(6,19-51-22(42)28(2,11-35)12-36)20-52-23(43)29(3,13-37)14-38/h39-46H,9-24H2,1-8H3;33-40H,7-20H2,1-6H3. The van der Waals surface area contributed by atoms with Crippen LogP contribution in [-0.2, 0) is 124 Å². The average molecular weight is 1630 g/mol. The smallest absolute Gasteiger partial charge is 0.318 e. The van der Waals surface area contributed by atoms with Gasteiger partial charge in [0.25, 0.3) is 0 Å². The van der Waals surface area contributed by atoms with Crippen molar-refractivity contribution in [1.82, 2.24) is 0 Å². The van der Waals surface area contributed by atoms with Gasteiger partial charge >= 0.3 is 77.6 Å². The molecule has 2 atom stereocenters. The molecule has 650 valence electrons. The zero-order chi connectivity index (χ0) is 87.4. The minimum Gasteiger partial charge on any atom is -0.465 e. The molecule has 0 aliphatic heterocycles. The maximum absolute atomic E-state index is 13.8. The molecule has 0 bridgehead atoms. The Hall–Kier alpha value is -7.53. The minimum absolute atomic E-state index is 0.143. The molecule has 0 aromatic carbocycles. The first-order valence-electron chi connectivity index (χ1n) is 34.8. The molecule has 0 saturated carbocycles. The summed E-state index contributed by atoms with van der Waals surface area (Å²) in [7, 11) is 0. The van der Waals surface area contributed by atoms with Crippen LogP contribution in [0.2, 0.25) is 0 Å². The van der Waals surface area contributed by atoms with Crippen LogP contribution < -0.4 is 0 Å². The van der Waals surface area contributed by atoms with Crippen molar-refractivity contribution in [3.05, 3.63) is 0 Å². The summed E-state index contributed by atoms with van der Waals surface area (Å²) in [5.74, 6) is -15.0. The average Bonchev–Trinajstić information content (AvgIpc) is 0.822. The van der Waals surface area contributed by atoms with Crippen LogP contribution in [0.4, 0.5) is 0 Å². The molecular formula is C70H118O42. The Morgan fingerprint density at radius 1 is 0.161 bits per heavy atom. The van der Waals surface area contributed by atoms with Crippen LogP contribution in [0.3, 0.4) is 0 Å². The van der Waals surface area contributed by atoms with Gasteiger partial charge in [-0.25, -0.2) is 0 Å². The Morgan fingerprint density at radius 2 is 0.259 bits per heavy atom. The lowest BCUT2D eigenvalue weighted by Gasteiger charge is -2.33. The second kappa shape index (κ2) is 46.7. The van der Waals surface area contributed by atoms with Gasteiger partial charge in [-0.2, -0.15) is 0 Å². The molecule has 0 fully saturated rings. The number of aliphatic hydroxyl groups is 16. The van der Waals surface area contributed by atoms with Crippen molar-refractivity contribution in [3.63, 3.8) is 0 Å². The molecule has 112 heavy (non-hydrogen) atoms. The number of hydrogen-bond donors (Lipinski definition) is 16. The van der Waals surface area contributed by atoms with E-state index in [1.165, 1.54) is 41.5 Å². The second-order valence-corrected chi connectivity index (χ2v) is 31.0. The van der Waals surface area contributed by atoms with Gasteiger partial charge < -0.3 is 143 Å². The first-order valence-corrected chi connectivity index (χ1v) is 34.8. The second-order valence-electron chi connectivity index (χ2n) is 31.0. The highest BCUT2D eigenvalue weighted by atomic mass is 16.6. The zero-order valence-electron chi connectivity index (χ0n) is 66.0. The van der Waals surface area contributed by atoms with Crippen LogP contribution in [0.15, 0.2) is 0 Å². The Bertz CT molecular complexity index is 2850. The van der Waals surface area contributed by atoms with Gasteiger partial charge in [-0.05, 0) is 96.4 Å². The molecular weight excluding hydrogens is 1510 g/mol. The molecule has 0 aliphatic rings. The minimum atomic E-state index is -2.10. The van der Waals surface area contributed by atoms with E-state index in [0.29, 0.717) is 6.42 Å². The number of carbonyl (C=O) groups excluding carboxylic acids is 13. The van der Waals surface area contributed by atoms with E-state index in [4.69, 9.17) is 61.6 Å². The van der Waals surface area contributed by atoms with Crippen LogP contribution in [0, 0.1) is 70.4 Å². The first kappa shape index (κ1) is 107. The molecule has 0 aromatic rings. The maximum atomic E-state index is 13.8. The van der Waals surface area contributed by atoms with E-state index in [9.17, 15) is 144 Å². The molecule has 42 nitrogen and oxygen atoms in total. The number of ether oxygens (including phenoxy) is 13. The fraction of sp³-hybridized carbons (Fsp3) is 0.814. The summed E-state index contributed by atoms with van der Waals surface area (Å²) in [6, 6.07) is 0. The number of rotatable bonds is 54. The van der Waals surface area contributed by atoms with E-state index < -0.39 is 333 Å². The fourth-order valence-electron chi connectivity index (χ4n) is 7.21. The van der Waals surface area contributed by atoms with Gasteiger partial charge in [0, 0.05) is 0 Å². The Kier molecular flexibility index (Phi) is 44.4. The Morgan fingerprint density at radius 3 is 0.393 bits per heavy atom. The molecule has 0 spiro atoms. The highest BCUT2D eigenvalue weighted by Gasteiger charge is 2.51. The van der Waals surface area contributed by atoms with E-state index >= 15 is 0 Å². The van der Waals surface area contributed by atoms with E-state index in [0.717, 1.165) is 48.5 Å². The summed E-state index contributed by atoms with van der Waals surface area (Å²) >= 11 is 0. The normalized spacial score (nSPS) is 13.7. The highest BCUT2D eigenvalue weighted by molar-refractivity contribution is 5.85. The van der Waals surface area contributed by atoms with Crippen molar-refractivity contribution in [2.45, 2.75) is 103 Å². The molecule has 0 aliphatic carbocycles. The van der Waals surface area contributed by atoms with E-state index in [1.54, 1.807) is 6.92 Å². The summed E-state index contributed by atoms with van der Waals surface area (Å²) in [6.45, 7) is -6.62. The van der Waals surface area contributed by atoms with Crippen molar-refractivity contribution in [2.24, 2.45) is 70.4 Å². The van der Waals surface area contributed by atoms with Crippen molar-refractivity contribution in [1.29, 1.82) is 0 Å². The van der Waals surface area contributed by atoms with E-state index in [-0.39, 0.29) is 6.61 Å². The van der Waals surface area contributed by atoms with Gasteiger partial charge in [0.05, 0.1) is 112 Å². The SMILES string of the molecule is CC(CO)(CO)C(=O)OCC(C)(CO)C(=O)OCC(C)(CO)C(=O)OCCOC(=O)C(C)(COC(=O)C(C)(CO)CO)COC(=O)C(C)(CO)CO.CCCOC(=O)C(C)(COC(=O)C(C)(COC(=O)C(C)(CO)CO)COC(=O)C(C)(CO)CO)COC(=O)C(C)(COC(=O)C(C)(CO)CO)COC(=O)C(C)(CO)CO. The molecule has 0 heterocycles. The predicted octanol–water partition coefficient (Wildman–Crippen LogP) is -6.60. The topological polar surface area (TPSA) is 666 Å². The number of aliphatic hydroxyl groups excluding tert-OH is 16. The quantitative estimate of drug-likeness (QED) is 0.0153. The van der Waals surface area contributed by atoms with Crippen molar-refractivity contribution < 1.29 is 206 Å². The van der Waals surface area contributed by atoms with E-state index in [1.807, 2.05) is 0 Å². The Balaban J connectivity index is 0. The summed E-state index contributed by atoms with van der Waals surface area (Å²) < 4.78 is 67.6. The number of hydrogen-bond acceptors (Lipinski definition) is 42. The molecule has 16 N–H and O–H groups in total. The summed E-state index contributed by atoms with van der Waals surface area (Å²) in [5.41, 5.74) is -24.4. The van der Waals surface area contributed by atoms with Crippen molar-refractivity contribution in [2.75, 3.05) is 192 Å². The van der Waals surface area contributed by atoms with Crippen LogP contribution in [0.1, 0.15) is 103 Å². The summed E-state index contributed by atoms with van der Waals surface area (Å²) in [6.07, 6.45) is 0.327. The summed E-state index contributed by atoms with van der Waals surface area (Å²) in [4.78, 5) is 168. The predicted molar refractivity (Wildman–Crippen MR) is 372 cm³/mol. The third-order valence-electron chi connectivity index (χ3n) is 18.2. The maximum Gasteiger partial charge on any atom is 0.318 e. The molecule has 0 radical (unpaired) electrons. The lowest BCUT2D eigenvalue weighted by Crippen LogP contribution is -2.48. The molecule has 42 heteroatoms. The monoisotopic (exact) mass is 1630 g/mol.